The lowest BCUT2D eigenvalue weighted by Crippen LogP contribution is -2.37. The van der Waals surface area contributed by atoms with E-state index in [4.69, 9.17) is 16.3 Å². The monoisotopic (exact) mass is 311 g/mol. The number of amides is 1. The molecule has 0 radical (unpaired) electrons. The zero-order valence-electron chi connectivity index (χ0n) is 12.3. The van der Waals surface area contributed by atoms with Crippen LogP contribution in [0.25, 0.3) is 0 Å². The number of halogens is 1. The summed E-state index contributed by atoms with van der Waals surface area (Å²) >= 11 is 5.84. The van der Waals surface area contributed by atoms with Gasteiger partial charge in [0.2, 0.25) is 5.91 Å². The van der Waals surface area contributed by atoms with Crippen molar-refractivity contribution < 1.29 is 14.6 Å². The first kappa shape index (κ1) is 16.3. The number of benzene rings is 1. The zero-order valence-corrected chi connectivity index (χ0v) is 13.1. The molecule has 0 spiro atoms. The van der Waals surface area contributed by atoms with Crippen molar-refractivity contribution in [3.05, 3.63) is 34.9 Å². The van der Waals surface area contributed by atoms with E-state index >= 15 is 0 Å². The largest absolute Gasteiger partial charge is 0.387 e. The van der Waals surface area contributed by atoms with Gasteiger partial charge in [0.1, 0.15) is 0 Å². The first-order valence-corrected chi connectivity index (χ1v) is 7.64. The van der Waals surface area contributed by atoms with E-state index in [1.165, 1.54) is 0 Å². The molecule has 1 unspecified atom stereocenters. The maximum absolute atomic E-state index is 12.4. The standard InChI is InChI=1S/C16H22ClNO3/c1-21-12-16(20)7-2-9-18(10-8-16)15(19)11-13-3-5-14(17)6-4-13/h3-6,20H,2,7-12H2,1H3. The van der Waals surface area contributed by atoms with Crippen molar-refractivity contribution in [1.29, 1.82) is 0 Å². The maximum Gasteiger partial charge on any atom is 0.226 e. The van der Waals surface area contributed by atoms with Gasteiger partial charge in [0.15, 0.2) is 0 Å². The molecule has 1 saturated heterocycles. The van der Waals surface area contributed by atoms with Crippen LogP contribution in [0.4, 0.5) is 0 Å². The number of hydrogen-bond donors (Lipinski definition) is 1. The van der Waals surface area contributed by atoms with E-state index in [-0.39, 0.29) is 5.91 Å². The van der Waals surface area contributed by atoms with Crippen LogP contribution in [0.2, 0.25) is 5.02 Å². The van der Waals surface area contributed by atoms with Gasteiger partial charge in [-0.1, -0.05) is 23.7 Å². The Morgan fingerprint density at radius 2 is 2.05 bits per heavy atom. The Morgan fingerprint density at radius 1 is 1.33 bits per heavy atom. The topological polar surface area (TPSA) is 49.8 Å². The Labute approximate surface area is 130 Å². The fourth-order valence-electron chi connectivity index (χ4n) is 2.73. The molecule has 1 aromatic carbocycles. The average Bonchev–Trinajstić information content (AvgIpc) is 2.64. The van der Waals surface area contributed by atoms with Crippen molar-refractivity contribution in [3.8, 4) is 0 Å². The highest BCUT2D eigenvalue weighted by molar-refractivity contribution is 6.30. The molecule has 1 atom stereocenters. The molecule has 0 aromatic heterocycles. The average molecular weight is 312 g/mol. The van der Waals surface area contributed by atoms with Gasteiger partial charge < -0.3 is 14.7 Å². The molecule has 1 amide bonds. The summed E-state index contributed by atoms with van der Waals surface area (Å²) in [5.41, 5.74) is 0.158. The second kappa shape index (κ2) is 7.25. The van der Waals surface area contributed by atoms with E-state index in [0.717, 1.165) is 12.0 Å². The Hall–Kier alpha value is -1.10. The van der Waals surface area contributed by atoms with Crippen LogP contribution in [0.3, 0.4) is 0 Å². The summed E-state index contributed by atoms with van der Waals surface area (Å²) in [5, 5.41) is 11.1. The van der Waals surface area contributed by atoms with Gasteiger partial charge in [-0.2, -0.15) is 0 Å². The van der Waals surface area contributed by atoms with Crippen molar-refractivity contribution in [2.24, 2.45) is 0 Å². The number of nitrogens with zero attached hydrogens (tertiary/aromatic N) is 1. The molecule has 1 aromatic rings. The molecule has 2 rings (SSSR count). The molecule has 4 nitrogen and oxygen atoms in total. The number of likely N-dealkylation sites (tertiary alicyclic amines) is 1. The third kappa shape index (κ3) is 4.70. The van der Waals surface area contributed by atoms with Crippen molar-refractivity contribution >= 4 is 17.5 Å². The van der Waals surface area contributed by atoms with E-state index in [1.807, 2.05) is 17.0 Å². The number of aliphatic hydroxyl groups is 1. The molecule has 1 fully saturated rings. The molecule has 0 saturated carbocycles. The lowest BCUT2D eigenvalue weighted by molar-refractivity contribution is -0.130. The molecule has 1 aliphatic heterocycles. The van der Waals surface area contributed by atoms with Crippen LogP contribution in [0.1, 0.15) is 24.8 Å². The van der Waals surface area contributed by atoms with E-state index in [9.17, 15) is 9.90 Å². The van der Waals surface area contributed by atoms with Gasteiger partial charge in [0, 0.05) is 25.2 Å². The highest BCUT2D eigenvalue weighted by atomic mass is 35.5. The van der Waals surface area contributed by atoms with Gasteiger partial charge in [-0.25, -0.2) is 0 Å². The van der Waals surface area contributed by atoms with Crippen LogP contribution in [0, 0.1) is 0 Å². The van der Waals surface area contributed by atoms with Gasteiger partial charge in [0.05, 0.1) is 18.6 Å². The Morgan fingerprint density at radius 3 is 2.71 bits per heavy atom. The second-order valence-electron chi connectivity index (χ2n) is 5.69. The molecule has 116 valence electrons. The summed E-state index contributed by atoms with van der Waals surface area (Å²) in [4.78, 5) is 14.2. The van der Waals surface area contributed by atoms with E-state index in [1.54, 1.807) is 19.2 Å². The number of carbonyl (C=O) groups is 1. The highest BCUT2D eigenvalue weighted by Gasteiger charge is 2.31. The normalized spacial score (nSPS) is 22.9. The van der Waals surface area contributed by atoms with Crippen LogP contribution in [-0.2, 0) is 16.0 Å². The maximum atomic E-state index is 12.4. The van der Waals surface area contributed by atoms with E-state index in [0.29, 0.717) is 44.0 Å². The van der Waals surface area contributed by atoms with Gasteiger partial charge in [-0.3, -0.25) is 4.79 Å². The molecule has 21 heavy (non-hydrogen) atoms. The molecule has 1 N–H and O–H groups in total. The third-order valence-corrected chi connectivity index (χ3v) is 4.20. The highest BCUT2D eigenvalue weighted by Crippen LogP contribution is 2.23. The van der Waals surface area contributed by atoms with Gasteiger partial charge in [0.25, 0.3) is 0 Å². The minimum atomic E-state index is -0.802. The minimum absolute atomic E-state index is 0.0963. The lowest BCUT2D eigenvalue weighted by Gasteiger charge is -2.26. The van der Waals surface area contributed by atoms with Gasteiger partial charge in [-0.05, 0) is 37.0 Å². The number of hydrogen-bond acceptors (Lipinski definition) is 3. The Bertz CT molecular complexity index is 477. The summed E-state index contributed by atoms with van der Waals surface area (Å²) in [6, 6.07) is 7.34. The second-order valence-corrected chi connectivity index (χ2v) is 6.13. The van der Waals surface area contributed by atoms with E-state index in [2.05, 4.69) is 0 Å². The first-order valence-electron chi connectivity index (χ1n) is 7.26. The predicted octanol–water partition coefficient (Wildman–Crippen LogP) is 2.27. The number of ether oxygens (including phenoxy) is 1. The van der Waals surface area contributed by atoms with Crippen LogP contribution in [0.15, 0.2) is 24.3 Å². The Kier molecular flexibility index (Phi) is 5.62. The number of methoxy groups -OCH3 is 1. The van der Waals surface area contributed by atoms with Crippen LogP contribution >= 0.6 is 11.6 Å². The van der Waals surface area contributed by atoms with E-state index < -0.39 is 5.60 Å². The van der Waals surface area contributed by atoms with Crippen LogP contribution in [-0.4, -0.2) is 48.3 Å². The smallest absolute Gasteiger partial charge is 0.226 e. The quantitative estimate of drug-likeness (QED) is 0.928. The summed E-state index contributed by atoms with van der Waals surface area (Å²) in [6.07, 6.45) is 2.41. The first-order chi connectivity index (χ1) is 10.0. The summed E-state index contributed by atoms with van der Waals surface area (Å²) in [6.45, 7) is 1.59. The van der Waals surface area contributed by atoms with Crippen molar-refractivity contribution in [2.75, 3.05) is 26.8 Å². The van der Waals surface area contributed by atoms with Crippen LogP contribution < -0.4 is 0 Å². The molecular formula is C16H22ClNO3. The van der Waals surface area contributed by atoms with Crippen LogP contribution in [0.5, 0.6) is 0 Å². The molecule has 0 bridgehead atoms. The van der Waals surface area contributed by atoms with Crippen molar-refractivity contribution in [2.45, 2.75) is 31.3 Å². The van der Waals surface area contributed by atoms with Gasteiger partial charge in [-0.15, -0.1) is 0 Å². The SMILES string of the molecule is COCC1(O)CCCN(C(=O)Cc2ccc(Cl)cc2)CC1. The Balaban J connectivity index is 1.92. The van der Waals surface area contributed by atoms with Crippen molar-refractivity contribution in [1.82, 2.24) is 4.90 Å². The molecule has 1 aliphatic rings. The fourth-order valence-corrected chi connectivity index (χ4v) is 2.86. The van der Waals surface area contributed by atoms with Crippen molar-refractivity contribution in [3.63, 3.8) is 0 Å². The molecular weight excluding hydrogens is 290 g/mol. The zero-order chi connectivity index (χ0) is 15.3. The summed E-state index contributed by atoms with van der Waals surface area (Å²) in [5.74, 6) is 0.0963. The lowest BCUT2D eigenvalue weighted by atomic mass is 9.96. The molecule has 1 heterocycles. The van der Waals surface area contributed by atoms with Gasteiger partial charge >= 0.3 is 0 Å². The molecule has 5 heteroatoms. The summed E-state index contributed by atoms with van der Waals surface area (Å²) in [7, 11) is 1.59. The fraction of sp³-hybridized carbons (Fsp3) is 0.562. The number of rotatable bonds is 4. The molecule has 0 aliphatic carbocycles. The summed E-state index contributed by atoms with van der Waals surface area (Å²) < 4.78 is 5.08. The third-order valence-electron chi connectivity index (χ3n) is 3.95. The predicted molar refractivity (Wildman–Crippen MR) is 82.4 cm³/mol. The minimum Gasteiger partial charge on any atom is -0.387 e. The number of carbonyl (C=O) groups excluding carboxylic acids is 1.